The smallest absolute Gasteiger partial charge is 0.268 e. The van der Waals surface area contributed by atoms with Gasteiger partial charge in [-0.1, -0.05) is 48.6 Å². The van der Waals surface area contributed by atoms with Crippen LogP contribution in [-0.2, 0) is 6.67 Å². The van der Waals surface area contributed by atoms with Crippen LogP contribution in [0.4, 0.5) is 0 Å². The zero-order valence-electron chi connectivity index (χ0n) is 15.8. The monoisotopic (exact) mass is 392 g/mol. The minimum atomic E-state index is -0.0477. The highest BCUT2D eigenvalue weighted by atomic mass is 32.1. The second-order valence-corrected chi connectivity index (χ2v) is 7.85. The molecule has 3 aromatic rings. The maximum atomic E-state index is 12.2. The fourth-order valence-electron chi connectivity index (χ4n) is 3.31. The van der Waals surface area contributed by atoms with Crippen LogP contribution in [-0.4, -0.2) is 52.3 Å². The molecule has 0 aliphatic carbocycles. The van der Waals surface area contributed by atoms with Gasteiger partial charge in [-0.25, -0.2) is 4.68 Å². The molecule has 0 atom stereocenters. The maximum absolute atomic E-state index is 12.2. The molecule has 0 spiro atoms. The lowest BCUT2D eigenvalue weighted by Gasteiger charge is -2.34. The molecule has 28 heavy (non-hydrogen) atoms. The highest BCUT2D eigenvalue weighted by Gasteiger charge is 2.17. The van der Waals surface area contributed by atoms with E-state index in [0.29, 0.717) is 6.67 Å². The minimum absolute atomic E-state index is 0.0477. The van der Waals surface area contributed by atoms with Crippen LogP contribution in [0.25, 0.3) is 16.6 Å². The van der Waals surface area contributed by atoms with Crippen LogP contribution < -0.4 is 5.56 Å². The number of hydrogen-bond acceptors (Lipinski definition) is 5. The zero-order chi connectivity index (χ0) is 19.2. The van der Waals surface area contributed by atoms with Gasteiger partial charge >= 0.3 is 0 Å². The SMILES string of the molecule is O=c1ccc(-c2cccs2)nn1CN1CCN(CC=Cc2ccccc2)CC1. The first-order chi connectivity index (χ1) is 13.8. The average molecular weight is 393 g/mol. The van der Waals surface area contributed by atoms with Crippen molar-refractivity contribution >= 4 is 17.4 Å². The van der Waals surface area contributed by atoms with Gasteiger partial charge in [-0.15, -0.1) is 11.3 Å². The summed E-state index contributed by atoms with van der Waals surface area (Å²) in [5, 5.41) is 6.58. The number of piperazine rings is 1. The first-order valence-electron chi connectivity index (χ1n) is 9.56. The number of aromatic nitrogens is 2. The minimum Gasteiger partial charge on any atom is -0.297 e. The number of hydrogen-bond donors (Lipinski definition) is 0. The van der Waals surface area contributed by atoms with Crippen LogP contribution in [0, 0.1) is 0 Å². The summed E-state index contributed by atoms with van der Waals surface area (Å²) >= 11 is 1.64. The summed E-state index contributed by atoms with van der Waals surface area (Å²) in [7, 11) is 0. The molecule has 1 saturated heterocycles. The Bertz CT molecular complexity index is 958. The van der Waals surface area contributed by atoms with E-state index >= 15 is 0 Å². The van der Waals surface area contributed by atoms with Crippen LogP contribution in [0.5, 0.6) is 0 Å². The Morgan fingerprint density at radius 3 is 2.46 bits per heavy atom. The summed E-state index contributed by atoms with van der Waals surface area (Å²) in [4.78, 5) is 18.0. The van der Waals surface area contributed by atoms with Crippen molar-refractivity contribution in [2.75, 3.05) is 32.7 Å². The number of nitrogens with zero attached hydrogens (tertiary/aromatic N) is 4. The Hall–Kier alpha value is -2.54. The first-order valence-corrected chi connectivity index (χ1v) is 10.4. The molecule has 1 aliphatic heterocycles. The molecule has 0 radical (unpaired) electrons. The number of rotatable bonds is 6. The van der Waals surface area contributed by atoms with Crippen LogP contribution in [0.3, 0.4) is 0 Å². The summed E-state index contributed by atoms with van der Waals surface area (Å²) in [6, 6.07) is 17.8. The normalized spacial score (nSPS) is 16.0. The fourth-order valence-corrected chi connectivity index (χ4v) is 4.00. The first kappa shape index (κ1) is 18.8. The Kier molecular flexibility index (Phi) is 6.11. The van der Waals surface area contributed by atoms with Gasteiger partial charge in [0.1, 0.15) is 5.69 Å². The van der Waals surface area contributed by atoms with E-state index in [1.54, 1.807) is 22.1 Å². The van der Waals surface area contributed by atoms with Gasteiger partial charge in [0, 0.05) is 38.8 Å². The van der Waals surface area contributed by atoms with E-state index in [-0.39, 0.29) is 5.56 Å². The van der Waals surface area contributed by atoms with Gasteiger partial charge in [0.15, 0.2) is 0 Å². The van der Waals surface area contributed by atoms with Crippen molar-refractivity contribution in [3.8, 4) is 10.6 Å². The van der Waals surface area contributed by atoms with Crippen molar-refractivity contribution in [3.63, 3.8) is 0 Å². The van der Waals surface area contributed by atoms with Gasteiger partial charge < -0.3 is 0 Å². The van der Waals surface area contributed by atoms with Crippen LogP contribution in [0.15, 0.2) is 70.8 Å². The van der Waals surface area contributed by atoms with Crippen LogP contribution in [0.2, 0.25) is 0 Å². The quantitative estimate of drug-likeness (QED) is 0.646. The molecule has 6 heteroatoms. The van der Waals surface area contributed by atoms with Gasteiger partial charge in [0.2, 0.25) is 0 Å². The van der Waals surface area contributed by atoms with E-state index in [0.717, 1.165) is 43.3 Å². The predicted octanol–water partition coefficient (Wildman–Crippen LogP) is 3.26. The van der Waals surface area contributed by atoms with Gasteiger partial charge in [0.25, 0.3) is 5.56 Å². The molecule has 1 aliphatic rings. The zero-order valence-corrected chi connectivity index (χ0v) is 16.6. The third-order valence-corrected chi connectivity index (χ3v) is 5.80. The molecule has 1 fully saturated rings. The third kappa shape index (κ3) is 4.84. The molecule has 1 aromatic carbocycles. The molecule has 144 valence electrons. The van der Waals surface area contributed by atoms with Gasteiger partial charge in [-0.2, -0.15) is 5.10 Å². The standard InChI is InChI=1S/C22H24N4OS/c27-22-11-10-20(21-9-5-17-28-21)23-26(22)18-25-15-13-24(14-16-25)12-4-8-19-6-2-1-3-7-19/h1-11,17H,12-16,18H2. The average Bonchev–Trinajstić information content (AvgIpc) is 3.27. The maximum Gasteiger partial charge on any atom is 0.268 e. The van der Waals surface area contributed by atoms with E-state index in [9.17, 15) is 4.79 Å². The lowest BCUT2D eigenvalue weighted by Crippen LogP contribution is -2.47. The fraction of sp³-hybridized carbons (Fsp3) is 0.273. The molecule has 3 heterocycles. The second-order valence-electron chi connectivity index (χ2n) is 6.91. The van der Waals surface area contributed by atoms with Crippen molar-refractivity contribution in [2.24, 2.45) is 0 Å². The van der Waals surface area contributed by atoms with E-state index in [1.807, 2.05) is 29.6 Å². The third-order valence-electron chi connectivity index (χ3n) is 4.91. The van der Waals surface area contributed by atoms with Crippen LogP contribution >= 0.6 is 11.3 Å². The van der Waals surface area contributed by atoms with Gasteiger partial charge in [0.05, 0.1) is 11.5 Å². The molecule has 5 nitrogen and oxygen atoms in total. The van der Waals surface area contributed by atoms with Crippen molar-refractivity contribution in [2.45, 2.75) is 6.67 Å². The summed E-state index contributed by atoms with van der Waals surface area (Å²) in [5.41, 5.74) is 2.05. The lowest BCUT2D eigenvalue weighted by atomic mass is 10.2. The van der Waals surface area contributed by atoms with Crippen molar-refractivity contribution in [1.82, 2.24) is 19.6 Å². The number of benzene rings is 1. The molecule has 2 aromatic heterocycles. The molecule has 0 saturated carbocycles. The predicted molar refractivity (Wildman–Crippen MR) is 115 cm³/mol. The molecule has 0 N–H and O–H groups in total. The summed E-state index contributed by atoms with van der Waals surface area (Å²) < 4.78 is 1.58. The Morgan fingerprint density at radius 2 is 1.71 bits per heavy atom. The van der Waals surface area contributed by atoms with Crippen molar-refractivity contribution < 1.29 is 0 Å². The molecular weight excluding hydrogens is 368 g/mol. The molecule has 4 rings (SSSR count). The largest absolute Gasteiger partial charge is 0.297 e. The molecule has 0 bridgehead atoms. The Balaban J connectivity index is 1.30. The Labute approximate surface area is 169 Å². The van der Waals surface area contributed by atoms with E-state index < -0.39 is 0 Å². The van der Waals surface area contributed by atoms with Crippen LogP contribution in [0.1, 0.15) is 5.56 Å². The van der Waals surface area contributed by atoms with E-state index in [1.165, 1.54) is 5.56 Å². The highest BCUT2D eigenvalue weighted by molar-refractivity contribution is 7.13. The van der Waals surface area contributed by atoms with E-state index in [2.05, 4.69) is 51.3 Å². The summed E-state index contributed by atoms with van der Waals surface area (Å²) in [6.45, 7) is 5.38. The summed E-state index contributed by atoms with van der Waals surface area (Å²) in [5.74, 6) is 0. The Morgan fingerprint density at radius 1 is 0.929 bits per heavy atom. The molecule has 0 unspecified atom stereocenters. The topological polar surface area (TPSA) is 41.4 Å². The number of thiophene rings is 1. The van der Waals surface area contributed by atoms with Crippen molar-refractivity contribution in [1.29, 1.82) is 0 Å². The summed E-state index contributed by atoms with van der Waals surface area (Å²) in [6.07, 6.45) is 4.40. The lowest BCUT2D eigenvalue weighted by molar-refractivity contribution is 0.109. The van der Waals surface area contributed by atoms with Gasteiger partial charge in [-0.3, -0.25) is 14.6 Å². The van der Waals surface area contributed by atoms with Gasteiger partial charge in [-0.05, 0) is 23.1 Å². The van der Waals surface area contributed by atoms with E-state index in [4.69, 9.17) is 0 Å². The highest BCUT2D eigenvalue weighted by Crippen LogP contribution is 2.21. The molecule has 0 amide bonds. The molecular formula is C22H24N4OS. The second kappa shape index (κ2) is 9.10. The van der Waals surface area contributed by atoms with Crippen molar-refractivity contribution in [3.05, 3.63) is 82.0 Å².